The van der Waals surface area contributed by atoms with E-state index in [1.165, 1.54) is 67.3 Å². The molecule has 0 fully saturated rings. The number of nitrogens with zero attached hydrogens (tertiary/aromatic N) is 4. The first kappa shape index (κ1) is 63.8. The standard InChI is InChI=1S/2C29H41N2.Br2Si.2BrH.2Ga/c2*1-18(2)24-13-11-14-25(19(3)4)28(24)30-22(9)17-23(10)31-29-26(20(5)6)15-12-16-27(29)21(7)8;1-3-2;;;;/h2*11-21H,1-10H3;;2*1H;;/q2*-1;;;;2*+2/p-2/b2*22-17-,31-23?;;;;;. The molecule has 0 unspecified atom stereocenters. The second-order valence-electron chi connectivity index (χ2n) is 20.5. The van der Waals surface area contributed by atoms with Crippen molar-refractivity contribution >= 4 is 130 Å². The van der Waals surface area contributed by atoms with Gasteiger partial charge >= 0.3 is 436 Å². The second kappa shape index (κ2) is 31.4. The van der Waals surface area contributed by atoms with Crippen LogP contribution in [0.25, 0.3) is 0 Å². The number of hydrogen-bond acceptors (Lipinski definition) is 4. The molecule has 0 saturated carbocycles. The third kappa shape index (κ3) is 18.6. The van der Waals surface area contributed by atoms with Gasteiger partial charge in [-0.2, -0.15) is 0 Å². The molecule has 0 N–H and O–H groups in total. The molecule has 11 heteroatoms. The molecule has 0 aliphatic rings. The molecule has 4 nitrogen and oxygen atoms in total. The Labute approximate surface area is 469 Å². The first-order valence-electron chi connectivity index (χ1n) is 24.8. The maximum absolute atomic E-state index is 5.18. The molecule has 0 aliphatic carbocycles. The zero-order valence-corrected chi connectivity index (χ0v) is 57.8. The van der Waals surface area contributed by atoms with Gasteiger partial charge < -0.3 is 0 Å². The van der Waals surface area contributed by atoms with Crippen molar-refractivity contribution in [3.8, 4) is 0 Å². The van der Waals surface area contributed by atoms with Crippen LogP contribution in [0.5, 0.6) is 0 Å². The molecular formula is C58H82Br4Ga2N4Si. The summed E-state index contributed by atoms with van der Waals surface area (Å²) in [5, 5.41) is 0. The van der Waals surface area contributed by atoms with E-state index in [0.717, 1.165) is 22.8 Å². The van der Waals surface area contributed by atoms with E-state index in [-0.39, 0.29) is 0 Å². The Kier molecular flexibility index (Phi) is 29.1. The molecule has 0 saturated heterocycles. The summed E-state index contributed by atoms with van der Waals surface area (Å²) in [6, 6.07) is 26.9. The second-order valence-corrected chi connectivity index (χ2v) is 33.4. The molecule has 0 heterocycles. The van der Waals surface area contributed by atoms with Crippen LogP contribution < -0.4 is 7.21 Å². The van der Waals surface area contributed by atoms with Crippen LogP contribution in [0.4, 0.5) is 22.7 Å². The van der Waals surface area contributed by atoms with Gasteiger partial charge in [-0.05, 0) is 0 Å². The van der Waals surface area contributed by atoms with E-state index in [0.29, 0.717) is 54.1 Å². The number of anilines is 2. The van der Waals surface area contributed by atoms with Gasteiger partial charge in [0.15, 0.2) is 0 Å². The molecule has 4 aromatic rings. The fourth-order valence-electron chi connectivity index (χ4n) is 8.63. The number of hydrogen-bond donors (Lipinski definition) is 0. The van der Waals surface area contributed by atoms with E-state index in [1.807, 2.05) is 0 Å². The molecule has 69 heavy (non-hydrogen) atoms. The Hall–Kier alpha value is -1.29. The number of rotatable bonds is 18. The summed E-state index contributed by atoms with van der Waals surface area (Å²) >= 11 is 12.4. The average molecular weight is 1320 g/mol. The fraction of sp³-hybridized carbons (Fsp3) is 0.483. The van der Waals surface area contributed by atoms with E-state index in [4.69, 9.17) is 9.98 Å². The normalized spacial score (nSPS) is 12.6. The summed E-state index contributed by atoms with van der Waals surface area (Å²) in [4.78, 5) is 10.4. The summed E-state index contributed by atoms with van der Waals surface area (Å²) in [6.07, 6.45) is 4.53. The number of halogens is 4. The van der Waals surface area contributed by atoms with Gasteiger partial charge in [-0.1, -0.05) is 0 Å². The molecule has 0 amide bonds. The van der Waals surface area contributed by atoms with Gasteiger partial charge in [-0.3, -0.25) is 0 Å². The van der Waals surface area contributed by atoms with Gasteiger partial charge in [0.1, 0.15) is 0 Å². The zero-order chi connectivity index (χ0) is 52.4. The quantitative estimate of drug-likeness (QED) is 0.0565. The number of allylic oxidation sites excluding steroid dienone is 4. The molecular weight excluding hydrogens is 1240 g/mol. The third-order valence-electron chi connectivity index (χ3n) is 12.2. The molecule has 4 radical (unpaired) electrons. The zero-order valence-electron chi connectivity index (χ0n) is 45.7. The van der Waals surface area contributed by atoms with Gasteiger partial charge in [-0.25, -0.2) is 0 Å². The van der Waals surface area contributed by atoms with Crippen LogP contribution in [0.15, 0.2) is 106 Å². The van der Waals surface area contributed by atoms with Crippen molar-refractivity contribution in [3.63, 3.8) is 0 Å². The molecule has 0 spiro atoms. The van der Waals surface area contributed by atoms with Gasteiger partial charge in [0.2, 0.25) is 6.76 Å². The van der Waals surface area contributed by atoms with Crippen LogP contribution in [0.3, 0.4) is 0 Å². The number of aliphatic imine (C=N–C) groups is 2. The van der Waals surface area contributed by atoms with Crippen LogP contribution in [0, 0.1) is 0 Å². The van der Waals surface area contributed by atoms with E-state index in [2.05, 4.69) is 288 Å². The van der Waals surface area contributed by atoms with Crippen molar-refractivity contribution in [2.75, 3.05) is 7.21 Å². The topological polar surface area (TPSA) is 31.2 Å². The van der Waals surface area contributed by atoms with Gasteiger partial charge in [0, 0.05) is 0 Å². The van der Waals surface area contributed by atoms with Crippen LogP contribution in [-0.2, 0) is 0 Å². The monoisotopic (exact) mass is 1320 g/mol. The van der Waals surface area contributed by atoms with Crippen molar-refractivity contribution in [2.24, 2.45) is 9.98 Å². The average Bonchev–Trinajstić information content (AvgIpc) is 3.26. The van der Waals surface area contributed by atoms with E-state index < -0.39 is 31.3 Å². The summed E-state index contributed by atoms with van der Waals surface area (Å²) in [6.45, 7) is 45.8. The van der Waals surface area contributed by atoms with Gasteiger partial charge in [-0.15, -0.1) is 30.6 Å². The Morgan fingerprint density at radius 2 is 0.594 bits per heavy atom. The van der Waals surface area contributed by atoms with E-state index in [9.17, 15) is 0 Å². The minimum atomic E-state index is -0.832. The maximum atomic E-state index is 5.18. The van der Waals surface area contributed by atoms with Crippen molar-refractivity contribution in [1.82, 2.24) is 0 Å². The summed E-state index contributed by atoms with van der Waals surface area (Å²) in [5.74, 6) is 3.69. The van der Waals surface area contributed by atoms with Crippen molar-refractivity contribution < 1.29 is 0 Å². The van der Waals surface area contributed by atoms with Crippen LogP contribution in [-0.4, -0.2) is 49.5 Å². The summed E-state index contributed by atoms with van der Waals surface area (Å²) < 4.78 is 5.09. The molecule has 4 aromatic carbocycles. The minimum absolute atomic E-state index is 0.444. The molecule has 0 aromatic heterocycles. The molecule has 372 valence electrons. The predicted octanol–water partition coefficient (Wildman–Crippen LogP) is 20.5. The first-order valence-corrected chi connectivity index (χ1v) is 43.8. The van der Waals surface area contributed by atoms with Crippen LogP contribution >= 0.6 is 57.7 Å². The Morgan fingerprint density at radius 3 is 0.768 bits per heavy atom. The van der Waals surface area contributed by atoms with E-state index >= 15 is 0 Å². The SMILES string of the molecule is Br[Si]Br.CC(/C=C(/C)[N]([Ga][Br])c1c(C(C)C)cccc1C(C)C)=Nc1c(C(C)C)cccc1C(C)C.CC(/C=C(/C)[N]([Ga][Br])c1c(C(C)C)cccc1C(C)C)=Nc1c(C(C)C)cccc1C(C)C. The Morgan fingerprint density at radius 1 is 0.406 bits per heavy atom. The van der Waals surface area contributed by atoms with Crippen molar-refractivity contribution in [1.29, 1.82) is 0 Å². The molecule has 0 aliphatic heterocycles. The van der Waals surface area contributed by atoms with Crippen molar-refractivity contribution in [3.05, 3.63) is 141 Å². The molecule has 0 atom stereocenters. The molecule has 0 bridgehead atoms. The van der Waals surface area contributed by atoms with Crippen molar-refractivity contribution in [2.45, 2.75) is 186 Å². The third-order valence-corrected chi connectivity index (χ3v) is 20.1. The van der Waals surface area contributed by atoms with Gasteiger partial charge in [0.05, 0.1) is 0 Å². The number of para-hydroxylation sites is 4. The number of benzene rings is 4. The molecule has 4 rings (SSSR count). The Balaban J connectivity index is 0.000000448. The fourth-order valence-corrected chi connectivity index (χ4v) is 16.7. The van der Waals surface area contributed by atoms with E-state index in [1.54, 1.807) is 0 Å². The van der Waals surface area contributed by atoms with Gasteiger partial charge in [0.25, 0.3) is 0 Å². The summed E-state index contributed by atoms with van der Waals surface area (Å²) in [7, 11) is 0. The predicted molar refractivity (Wildman–Crippen MR) is 329 cm³/mol. The Bertz CT molecular complexity index is 2100. The van der Waals surface area contributed by atoms with Crippen LogP contribution in [0.1, 0.15) is 230 Å². The first-order chi connectivity index (χ1) is 32.4. The summed E-state index contributed by atoms with van der Waals surface area (Å²) in [5.41, 5.74) is 20.7. The van der Waals surface area contributed by atoms with Crippen LogP contribution in [0.2, 0.25) is 0 Å².